The van der Waals surface area contributed by atoms with Crippen molar-refractivity contribution in [1.82, 2.24) is 9.80 Å². The van der Waals surface area contributed by atoms with E-state index in [1.54, 1.807) is 9.80 Å². The molecule has 0 aliphatic carbocycles. The summed E-state index contributed by atoms with van der Waals surface area (Å²) < 4.78 is 5.41. The van der Waals surface area contributed by atoms with Crippen LogP contribution in [0.5, 0.6) is 0 Å². The number of likely N-dealkylation sites (tertiary alicyclic amines) is 1. The number of nitrogens with zero attached hydrogens (tertiary/aromatic N) is 2. The fraction of sp³-hybridized carbons (Fsp3) is 0.857. The van der Waals surface area contributed by atoms with Crippen LogP contribution in [0.1, 0.15) is 40.5 Å². The zero-order valence-electron chi connectivity index (χ0n) is 12.8. The smallest absolute Gasteiger partial charge is 0.410 e. The molecular formula is C14H25ClN2O3. The molecule has 1 aliphatic rings. The van der Waals surface area contributed by atoms with Gasteiger partial charge in [0.2, 0.25) is 5.91 Å². The average Bonchev–Trinajstić information content (AvgIpc) is 2.81. The minimum absolute atomic E-state index is 0.0208. The molecule has 1 saturated heterocycles. The van der Waals surface area contributed by atoms with Crippen LogP contribution in [0.4, 0.5) is 4.79 Å². The van der Waals surface area contributed by atoms with E-state index in [0.717, 1.165) is 12.8 Å². The highest BCUT2D eigenvalue weighted by atomic mass is 35.5. The van der Waals surface area contributed by atoms with Gasteiger partial charge in [-0.3, -0.25) is 4.79 Å². The summed E-state index contributed by atoms with van der Waals surface area (Å²) in [6.45, 7) is 9.29. The molecule has 6 heteroatoms. The molecule has 1 rings (SSSR count). The fourth-order valence-corrected chi connectivity index (χ4v) is 2.50. The van der Waals surface area contributed by atoms with Crippen LogP contribution in [0.2, 0.25) is 0 Å². The summed E-state index contributed by atoms with van der Waals surface area (Å²) in [5.74, 6) is -0.113. The quantitative estimate of drug-likeness (QED) is 0.750. The number of halogens is 1. The molecule has 20 heavy (non-hydrogen) atoms. The van der Waals surface area contributed by atoms with E-state index in [0.29, 0.717) is 19.6 Å². The summed E-state index contributed by atoms with van der Waals surface area (Å²) in [6, 6.07) is 0.0250. The Balaban J connectivity index is 2.65. The lowest BCUT2D eigenvalue weighted by Crippen LogP contribution is -2.47. The van der Waals surface area contributed by atoms with Gasteiger partial charge in [0.25, 0.3) is 0 Å². The molecule has 1 aliphatic heterocycles. The van der Waals surface area contributed by atoms with Crippen LogP contribution in [0.15, 0.2) is 0 Å². The zero-order valence-corrected chi connectivity index (χ0v) is 13.6. The second-order valence-electron chi connectivity index (χ2n) is 6.04. The van der Waals surface area contributed by atoms with Gasteiger partial charge in [-0.2, -0.15) is 0 Å². The summed E-state index contributed by atoms with van der Waals surface area (Å²) in [5, 5.41) is 0. The van der Waals surface area contributed by atoms with Crippen molar-refractivity contribution < 1.29 is 14.3 Å². The molecule has 0 radical (unpaired) electrons. The summed E-state index contributed by atoms with van der Waals surface area (Å²) in [6.07, 6.45) is 1.54. The molecule has 5 nitrogen and oxygen atoms in total. The molecule has 0 aromatic heterocycles. The molecule has 0 aromatic rings. The van der Waals surface area contributed by atoms with Crippen LogP contribution in [0, 0.1) is 0 Å². The van der Waals surface area contributed by atoms with Crippen molar-refractivity contribution in [1.29, 1.82) is 0 Å². The van der Waals surface area contributed by atoms with E-state index in [4.69, 9.17) is 16.3 Å². The van der Waals surface area contributed by atoms with Gasteiger partial charge in [-0.1, -0.05) is 0 Å². The Morgan fingerprint density at radius 1 is 1.40 bits per heavy atom. The van der Waals surface area contributed by atoms with Crippen molar-refractivity contribution in [2.45, 2.75) is 52.2 Å². The maximum absolute atomic E-state index is 12.2. The van der Waals surface area contributed by atoms with Gasteiger partial charge in [-0.25, -0.2) is 4.79 Å². The molecule has 2 amide bonds. The number of carbonyl (C=O) groups is 2. The highest BCUT2D eigenvalue weighted by molar-refractivity contribution is 6.27. The molecular weight excluding hydrogens is 280 g/mol. The first kappa shape index (κ1) is 17.1. The standard InChI is InChI=1S/C14H25ClN2O3/c1-5-16(12(18)9-15)10-11-7-6-8-17(11)13(19)20-14(2,3)4/h11H,5-10H2,1-4H3/t11-/m0/s1. The minimum atomic E-state index is -0.499. The number of ether oxygens (including phenoxy) is 1. The first-order chi connectivity index (χ1) is 9.28. The molecule has 0 unspecified atom stereocenters. The second kappa shape index (κ2) is 7.16. The van der Waals surface area contributed by atoms with Crippen LogP contribution in [0.3, 0.4) is 0 Å². The molecule has 1 atom stereocenters. The summed E-state index contributed by atoms with van der Waals surface area (Å²) in [7, 11) is 0. The van der Waals surface area contributed by atoms with Crippen molar-refractivity contribution in [2.75, 3.05) is 25.5 Å². The van der Waals surface area contributed by atoms with E-state index in [1.165, 1.54) is 0 Å². The fourth-order valence-electron chi connectivity index (χ4n) is 2.33. The van der Waals surface area contributed by atoms with E-state index in [1.807, 2.05) is 27.7 Å². The third kappa shape index (κ3) is 4.85. The molecule has 0 spiro atoms. The average molecular weight is 305 g/mol. The van der Waals surface area contributed by atoms with E-state index >= 15 is 0 Å². The zero-order chi connectivity index (χ0) is 15.3. The Hall–Kier alpha value is -0.970. The van der Waals surface area contributed by atoms with E-state index in [2.05, 4.69) is 0 Å². The predicted octanol–water partition coefficient (Wildman–Crippen LogP) is 2.47. The topological polar surface area (TPSA) is 49.9 Å². The Morgan fingerprint density at radius 2 is 2.05 bits per heavy atom. The van der Waals surface area contributed by atoms with Crippen LogP contribution >= 0.6 is 11.6 Å². The number of hydrogen-bond donors (Lipinski definition) is 0. The van der Waals surface area contributed by atoms with Gasteiger partial charge in [0, 0.05) is 19.6 Å². The lowest BCUT2D eigenvalue weighted by Gasteiger charge is -2.31. The normalized spacial score (nSPS) is 19.1. The second-order valence-corrected chi connectivity index (χ2v) is 6.30. The monoisotopic (exact) mass is 304 g/mol. The number of hydrogen-bond acceptors (Lipinski definition) is 3. The number of rotatable bonds is 4. The Morgan fingerprint density at radius 3 is 2.55 bits per heavy atom. The third-order valence-corrected chi connectivity index (χ3v) is 3.51. The van der Waals surface area contributed by atoms with Gasteiger partial charge in [-0.15, -0.1) is 11.6 Å². The van der Waals surface area contributed by atoms with Crippen molar-refractivity contribution in [3.63, 3.8) is 0 Å². The van der Waals surface area contributed by atoms with Crippen molar-refractivity contribution in [3.05, 3.63) is 0 Å². The number of carbonyl (C=O) groups excluding carboxylic acids is 2. The van der Waals surface area contributed by atoms with Crippen molar-refractivity contribution in [2.24, 2.45) is 0 Å². The molecule has 0 bridgehead atoms. The van der Waals surface area contributed by atoms with Crippen LogP contribution in [-0.4, -0.2) is 59.0 Å². The van der Waals surface area contributed by atoms with E-state index in [9.17, 15) is 9.59 Å². The lowest BCUT2D eigenvalue weighted by atomic mass is 10.2. The summed E-state index contributed by atoms with van der Waals surface area (Å²) in [4.78, 5) is 27.3. The predicted molar refractivity (Wildman–Crippen MR) is 78.9 cm³/mol. The molecule has 0 N–H and O–H groups in total. The Kier molecular flexibility index (Phi) is 6.11. The maximum Gasteiger partial charge on any atom is 0.410 e. The van der Waals surface area contributed by atoms with Crippen molar-refractivity contribution >= 4 is 23.6 Å². The molecule has 1 heterocycles. The maximum atomic E-state index is 12.2. The van der Waals surface area contributed by atoms with Gasteiger partial charge < -0.3 is 14.5 Å². The van der Waals surface area contributed by atoms with Crippen LogP contribution in [-0.2, 0) is 9.53 Å². The highest BCUT2D eigenvalue weighted by Gasteiger charge is 2.33. The van der Waals surface area contributed by atoms with Crippen molar-refractivity contribution in [3.8, 4) is 0 Å². The summed E-state index contributed by atoms with van der Waals surface area (Å²) in [5.41, 5.74) is -0.499. The SMILES string of the molecule is CCN(C[C@@H]1CCCN1C(=O)OC(C)(C)C)C(=O)CCl. The highest BCUT2D eigenvalue weighted by Crippen LogP contribution is 2.21. The molecule has 0 aromatic carbocycles. The summed E-state index contributed by atoms with van der Waals surface area (Å²) >= 11 is 5.60. The Bertz CT molecular complexity index is 355. The van der Waals surface area contributed by atoms with Gasteiger partial charge in [0.1, 0.15) is 11.5 Å². The Labute approximate surface area is 126 Å². The van der Waals surface area contributed by atoms with Gasteiger partial charge in [-0.05, 0) is 40.5 Å². The van der Waals surface area contributed by atoms with Gasteiger partial charge in [0.05, 0.1) is 6.04 Å². The molecule has 0 saturated carbocycles. The molecule has 1 fully saturated rings. The minimum Gasteiger partial charge on any atom is -0.444 e. The molecule has 116 valence electrons. The third-order valence-electron chi connectivity index (χ3n) is 3.29. The number of likely N-dealkylation sites (N-methyl/N-ethyl adjacent to an activating group) is 1. The van der Waals surface area contributed by atoms with Crippen LogP contribution < -0.4 is 0 Å². The van der Waals surface area contributed by atoms with E-state index < -0.39 is 5.60 Å². The van der Waals surface area contributed by atoms with Gasteiger partial charge in [0.15, 0.2) is 0 Å². The van der Waals surface area contributed by atoms with Gasteiger partial charge >= 0.3 is 6.09 Å². The first-order valence-electron chi connectivity index (χ1n) is 7.12. The first-order valence-corrected chi connectivity index (χ1v) is 7.65. The van der Waals surface area contributed by atoms with E-state index in [-0.39, 0.29) is 23.9 Å². The largest absolute Gasteiger partial charge is 0.444 e. The lowest BCUT2D eigenvalue weighted by molar-refractivity contribution is -0.129. The number of alkyl halides is 1. The van der Waals surface area contributed by atoms with Crippen LogP contribution in [0.25, 0.3) is 0 Å². The number of amides is 2.